The standard InChI is InChI=1S/C13H24N2/c1-10(8-9-15-3)11(2)12-4-6-13(14)7-5-12/h4,6,8-13,15H,5,7,14H2,1-3H3/b9-8-/t10?,11-,12?,13?/m1/s1. The average molecular weight is 208 g/mol. The Morgan fingerprint density at radius 2 is 2.07 bits per heavy atom. The van der Waals surface area contributed by atoms with Gasteiger partial charge in [0.05, 0.1) is 0 Å². The molecule has 0 bridgehead atoms. The van der Waals surface area contributed by atoms with Gasteiger partial charge in [-0.2, -0.15) is 0 Å². The van der Waals surface area contributed by atoms with Crippen LogP contribution in [0.5, 0.6) is 0 Å². The highest BCUT2D eigenvalue weighted by atomic mass is 14.8. The molecule has 2 nitrogen and oxygen atoms in total. The summed E-state index contributed by atoms with van der Waals surface area (Å²) in [5, 5.41) is 3.04. The summed E-state index contributed by atoms with van der Waals surface area (Å²) >= 11 is 0. The Labute approximate surface area is 93.6 Å². The number of hydrogen-bond donors (Lipinski definition) is 2. The smallest absolute Gasteiger partial charge is 0.0223 e. The van der Waals surface area contributed by atoms with Gasteiger partial charge in [-0.1, -0.05) is 32.1 Å². The van der Waals surface area contributed by atoms with Gasteiger partial charge in [-0.05, 0) is 36.8 Å². The van der Waals surface area contributed by atoms with Gasteiger partial charge in [0, 0.05) is 13.1 Å². The van der Waals surface area contributed by atoms with Crippen molar-refractivity contribution < 1.29 is 0 Å². The average Bonchev–Trinajstić information content (AvgIpc) is 2.26. The van der Waals surface area contributed by atoms with E-state index >= 15 is 0 Å². The van der Waals surface area contributed by atoms with Crippen LogP contribution in [0.2, 0.25) is 0 Å². The van der Waals surface area contributed by atoms with Crippen molar-refractivity contribution in [1.82, 2.24) is 5.32 Å². The number of nitrogens with two attached hydrogens (primary N) is 1. The number of hydrogen-bond acceptors (Lipinski definition) is 2. The third-order valence-corrected chi connectivity index (χ3v) is 3.51. The maximum Gasteiger partial charge on any atom is 0.0223 e. The fraction of sp³-hybridized carbons (Fsp3) is 0.692. The summed E-state index contributed by atoms with van der Waals surface area (Å²) in [6.45, 7) is 4.61. The van der Waals surface area contributed by atoms with E-state index in [1.165, 1.54) is 6.42 Å². The van der Waals surface area contributed by atoms with Crippen LogP contribution in [0, 0.1) is 17.8 Å². The first-order valence-corrected chi connectivity index (χ1v) is 5.93. The van der Waals surface area contributed by atoms with Crippen molar-refractivity contribution in [1.29, 1.82) is 0 Å². The molecule has 0 aliphatic heterocycles. The molecule has 0 saturated heterocycles. The van der Waals surface area contributed by atoms with Crippen molar-refractivity contribution in [2.24, 2.45) is 23.5 Å². The van der Waals surface area contributed by atoms with Crippen LogP contribution in [0.15, 0.2) is 24.4 Å². The maximum atomic E-state index is 5.84. The third kappa shape index (κ3) is 3.71. The van der Waals surface area contributed by atoms with Crippen molar-refractivity contribution in [2.75, 3.05) is 7.05 Å². The second-order valence-electron chi connectivity index (χ2n) is 4.66. The van der Waals surface area contributed by atoms with Gasteiger partial charge in [-0.15, -0.1) is 0 Å². The molecule has 3 unspecified atom stereocenters. The van der Waals surface area contributed by atoms with E-state index in [2.05, 4.69) is 37.4 Å². The van der Waals surface area contributed by atoms with Gasteiger partial charge in [0.1, 0.15) is 0 Å². The van der Waals surface area contributed by atoms with Gasteiger partial charge in [0.2, 0.25) is 0 Å². The van der Waals surface area contributed by atoms with E-state index in [9.17, 15) is 0 Å². The van der Waals surface area contributed by atoms with Crippen molar-refractivity contribution in [3.8, 4) is 0 Å². The molecule has 0 spiro atoms. The Morgan fingerprint density at radius 3 is 2.60 bits per heavy atom. The minimum atomic E-state index is 0.289. The van der Waals surface area contributed by atoms with Crippen molar-refractivity contribution in [3.05, 3.63) is 24.4 Å². The summed E-state index contributed by atoms with van der Waals surface area (Å²) in [4.78, 5) is 0. The number of nitrogens with one attached hydrogen (secondary N) is 1. The van der Waals surface area contributed by atoms with E-state index in [0.29, 0.717) is 17.8 Å². The fourth-order valence-electron chi connectivity index (χ4n) is 2.11. The zero-order valence-corrected chi connectivity index (χ0v) is 10.1. The predicted molar refractivity (Wildman–Crippen MR) is 66.4 cm³/mol. The molecule has 4 atom stereocenters. The molecule has 1 rings (SSSR count). The van der Waals surface area contributed by atoms with E-state index in [1.54, 1.807) is 0 Å². The molecule has 3 N–H and O–H groups in total. The Balaban J connectivity index is 2.49. The van der Waals surface area contributed by atoms with E-state index in [0.717, 1.165) is 6.42 Å². The predicted octanol–water partition coefficient (Wildman–Crippen LogP) is 2.29. The lowest BCUT2D eigenvalue weighted by Crippen LogP contribution is -2.26. The van der Waals surface area contributed by atoms with Crippen LogP contribution < -0.4 is 11.1 Å². The highest BCUT2D eigenvalue weighted by molar-refractivity contribution is 5.03. The van der Waals surface area contributed by atoms with Crippen LogP contribution in [0.25, 0.3) is 0 Å². The lowest BCUT2D eigenvalue weighted by atomic mass is 9.78. The quantitative estimate of drug-likeness (QED) is 0.696. The summed E-state index contributed by atoms with van der Waals surface area (Å²) in [6.07, 6.45) is 11.1. The van der Waals surface area contributed by atoms with E-state index in [-0.39, 0.29) is 6.04 Å². The molecule has 0 aromatic heterocycles. The molecule has 0 radical (unpaired) electrons. The minimum Gasteiger partial charge on any atom is -0.394 e. The van der Waals surface area contributed by atoms with Crippen molar-refractivity contribution in [2.45, 2.75) is 32.7 Å². The molecule has 0 fully saturated rings. The van der Waals surface area contributed by atoms with Crippen LogP contribution >= 0.6 is 0 Å². The van der Waals surface area contributed by atoms with Gasteiger partial charge in [-0.3, -0.25) is 0 Å². The first-order chi connectivity index (χ1) is 7.15. The molecule has 86 valence electrons. The van der Waals surface area contributed by atoms with Crippen LogP contribution in [0.1, 0.15) is 26.7 Å². The topological polar surface area (TPSA) is 38.0 Å². The molecule has 1 aliphatic rings. The van der Waals surface area contributed by atoms with Crippen molar-refractivity contribution >= 4 is 0 Å². The van der Waals surface area contributed by atoms with Gasteiger partial charge in [-0.25, -0.2) is 0 Å². The zero-order chi connectivity index (χ0) is 11.3. The van der Waals surface area contributed by atoms with Crippen LogP contribution in [0.3, 0.4) is 0 Å². The molecule has 0 saturated carbocycles. The zero-order valence-electron chi connectivity index (χ0n) is 10.1. The summed E-state index contributed by atoms with van der Waals surface area (Å²) in [5.41, 5.74) is 5.84. The number of allylic oxidation sites excluding steroid dienone is 2. The highest BCUT2D eigenvalue weighted by Gasteiger charge is 2.22. The lowest BCUT2D eigenvalue weighted by Gasteiger charge is -2.28. The summed E-state index contributed by atoms with van der Waals surface area (Å²) in [7, 11) is 1.94. The summed E-state index contributed by atoms with van der Waals surface area (Å²) in [6, 6.07) is 0.289. The number of rotatable bonds is 4. The third-order valence-electron chi connectivity index (χ3n) is 3.51. The Morgan fingerprint density at radius 1 is 1.33 bits per heavy atom. The second kappa shape index (κ2) is 5.96. The molecular weight excluding hydrogens is 184 g/mol. The van der Waals surface area contributed by atoms with Gasteiger partial charge in [0.25, 0.3) is 0 Å². The van der Waals surface area contributed by atoms with Crippen LogP contribution in [-0.4, -0.2) is 13.1 Å². The largest absolute Gasteiger partial charge is 0.394 e. The van der Waals surface area contributed by atoms with Gasteiger partial charge in [0.15, 0.2) is 0 Å². The molecule has 2 heteroatoms. The van der Waals surface area contributed by atoms with Gasteiger partial charge >= 0.3 is 0 Å². The van der Waals surface area contributed by atoms with E-state index in [1.807, 2.05) is 13.2 Å². The summed E-state index contributed by atoms with van der Waals surface area (Å²) < 4.78 is 0. The minimum absolute atomic E-state index is 0.289. The molecule has 0 aromatic rings. The Bertz CT molecular complexity index is 233. The monoisotopic (exact) mass is 208 g/mol. The van der Waals surface area contributed by atoms with Crippen LogP contribution in [-0.2, 0) is 0 Å². The second-order valence-corrected chi connectivity index (χ2v) is 4.66. The Kier molecular flexibility index (Phi) is 4.89. The van der Waals surface area contributed by atoms with Gasteiger partial charge < -0.3 is 11.1 Å². The molecule has 15 heavy (non-hydrogen) atoms. The van der Waals surface area contributed by atoms with E-state index < -0.39 is 0 Å². The highest BCUT2D eigenvalue weighted by Crippen LogP contribution is 2.29. The lowest BCUT2D eigenvalue weighted by molar-refractivity contribution is 0.315. The Hall–Kier alpha value is -0.760. The normalized spacial score (nSPS) is 30.4. The molecular formula is C13H24N2. The molecule has 0 heterocycles. The van der Waals surface area contributed by atoms with Crippen molar-refractivity contribution in [3.63, 3.8) is 0 Å². The first kappa shape index (κ1) is 12.3. The first-order valence-electron chi connectivity index (χ1n) is 5.93. The fourth-order valence-corrected chi connectivity index (χ4v) is 2.11. The van der Waals surface area contributed by atoms with Crippen LogP contribution in [0.4, 0.5) is 0 Å². The molecule has 0 amide bonds. The summed E-state index contributed by atoms with van der Waals surface area (Å²) in [5.74, 6) is 2.00. The van der Waals surface area contributed by atoms with E-state index in [4.69, 9.17) is 5.73 Å². The maximum absolute atomic E-state index is 5.84. The SMILES string of the molecule is CN/C=C\C(C)[C@@H](C)C1C=CC(N)CC1. The molecule has 1 aliphatic carbocycles. The molecule has 0 aromatic carbocycles.